The molecule has 3 heteroatoms. The van der Waals surface area contributed by atoms with Gasteiger partial charge in [-0.15, -0.1) is 0 Å². The molecule has 1 fully saturated rings. The molecule has 0 unspecified atom stereocenters. The highest BCUT2D eigenvalue weighted by Gasteiger charge is 2.39. The molecule has 0 aliphatic heterocycles. The second-order valence-corrected chi connectivity index (χ2v) is 4.53. The molecular weight excluding hydrogens is 180 g/mol. The van der Waals surface area contributed by atoms with Gasteiger partial charge in [0, 0.05) is 12.8 Å². The number of Topliss-reactive ketones (excluding diaryl/α,β-unsaturated/α-hetero) is 1. The van der Waals surface area contributed by atoms with Crippen LogP contribution in [0.3, 0.4) is 0 Å². The van der Waals surface area contributed by atoms with Crippen molar-refractivity contribution in [3.63, 3.8) is 0 Å². The lowest BCUT2D eigenvalue weighted by Crippen LogP contribution is -2.36. The molecule has 0 aromatic heterocycles. The highest BCUT2D eigenvalue weighted by Crippen LogP contribution is 2.37. The number of rotatable bonds is 2. The predicted molar refractivity (Wildman–Crippen MR) is 52.8 cm³/mol. The number of carbonyl (C=O) groups is 2. The standard InChI is InChI=1S/C11H18O3/c1-11(2,10(13)14-3)8-4-6-9(12)7-5-8/h8H,4-7H2,1-3H3. The van der Waals surface area contributed by atoms with Gasteiger partial charge in [-0.2, -0.15) is 0 Å². The van der Waals surface area contributed by atoms with Crippen molar-refractivity contribution in [3.05, 3.63) is 0 Å². The van der Waals surface area contributed by atoms with E-state index in [-0.39, 0.29) is 11.9 Å². The Hall–Kier alpha value is -0.860. The Morgan fingerprint density at radius 1 is 1.36 bits per heavy atom. The second kappa shape index (κ2) is 4.11. The summed E-state index contributed by atoms with van der Waals surface area (Å²) in [5, 5.41) is 0. The summed E-state index contributed by atoms with van der Waals surface area (Å²) >= 11 is 0. The Labute approximate surface area is 84.8 Å². The third-order valence-electron chi connectivity index (χ3n) is 3.28. The molecule has 1 saturated carbocycles. The number of methoxy groups -OCH3 is 1. The monoisotopic (exact) mass is 198 g/mol. The topological polar surface area (TPSA) is 43.4 Å². The van der Waals surface area contributed by atoms with Crippen molar-refractivity contribution >= 4 is 11.8 Å². The molecule has 1 aliphatic carbocycles. The largest absolute Gasteiger partial charge is 0.469 e. The van der Waals surface area contributed by atoms with E-state index in [1.54, 1.807) is 0 Å². The van der Waals surface area contributed by atoms with Crippen LogP contribution in [0.2, 0.25) is 0 Å². The number of hydrogen-bond donors (Lipinski definition) is 0. The van der Waals surface area contributed by atoms with Crippen LogP contribution in [-0.2, 0) is 14.3 Å². The lowest BCUT2D eigenvalue weighted by atomic mass is 9.71. The van der Waals surface area contributed by atoms with Gasteiger partial charge < -0.3 is 4.74 Å². The summed E-state index contributed by atoms with van der Waals surface area (Å²) < 4.78 is 4.77. The zero-order valence-electron chi connectivity index (χ0n) is 9.13. The molecule has 1 aliphatic rings. The minimum absolute atomic E-state index is 0.170. The van der Waals surface area contributed by atoms with Crippen molar-refractivity contribution in [2.75, 3.05) is 7.11 Å². The number of carbonyl (C=O) groups excluding carboxylic acids is 2. The van der Waals surface area contributed by atoms with Crippen LogP contribution < -0.4 is 0 Å². The van der Waals surface area contributed by atoms with Crippen molar-refractivity contribution in [1.82, 2.24) is 0 Å². The average Bonchev–Trinajstić information content (AvgIpc) is 2.17. The summed E-state index contributed by atoms with van der Waals surface area (Å²) in [7, 11) is 1.41. The smallest absolute Gasteiger partial charge is 0.311 e. The molecule has 0 heterocycles. The minimum atomic E-state index is -0.449. The molecule has 0 spiro atoms. The molecule has 1 rings (SSSR count). The predicted octanol–water partition coefficient (Wildman–Crippen LogP) is 1.94. The normalized spacial score (nSPS) is 19.5. The van der Waals surface area contributed by atoms with Crippen molar-refractivity contribution < 1.29 is 14.3 Å². The van der Waals surface area contributed by atoms with Crippen LogP contribution in [0, 0.1) is 11.3 Å². The molecule has 3 nitrogen and oxygen atoms in total. The maximum atomic E-state index is 11.5. The number of ether oxygens (including phenoxy) is 1. The third kappa shape index (κ3) is 2.14. The van der Waals surface area contributed by atoms with Crippen LogP contribution in [0.1, 0.15) is 39.5 Å². The van der Waals surface area contributed by atoms with Gasteiger partial charge >= 0.3 is 5.97 Å². The van der Waals surface area contributed by atoms with Gasteiger partial charge in [-0.05, 0) is 32.6 Å². The van der Waals surface area contributed by atoms with E-state index in [4.69, 9.17) is 4.74 Å². The van der Waals surface area contributed by atoms with Crippen LogP contribution in [0.15, 0.2) is 0 Å². The van der Waals surface area contributed by atoms with Crippen molar-refractivity contribution in [1.29, 1.82) is 0 Å². The van der Waals surface area contributed by atoms with E-state index in [0.717, 1.165) is 12.8 Å². The van der Waals surface area contributed by atoms with Gasteiger partial charge in [-0.1, -0.05) is 0 Å². The van der Waals surface area contributed by atoms with E-state index in [2.05, 4.69) is 0 Å². The van der Waals surface area contributed by atoms with Crippen molar-refractivity contribution in [2.24, 2.45) is 11.3 Å². The molecular formula is C11H18O3. The van der Waals surface area contributed by atoms with Gasteiger partial charge in [0.15, 0.2) is 0 Å². The second-order valence-electron chi connectivity index (χ2n) is 4.53. The lowest BCUT2D eigenvalue weighted by Gasteiger charge is -2.33. The average molecular weight is 198 g/mol. The van der Waals surface area contributed by atoms with E-state index in [1.807, 2.05) is 13.8 Å². The fourth-order valence-electron chi connectivity index (χ4n) is 2.09. The summed E-state index contributed by atoms with van der Waals surface area (Å²) in [4.78, 5) is 22.6. The summed E-state index contributed by atoms with van der Waals surface area (Å²) in [6, 6.07) is 0. The third-order valence-corrected chi connectivity index (χ3v) is 3.28. The van der Waals surface area contributed by atoms with Crippen LogP contribution in [0.5, 0.6) is 0 Å². The molecule has 80 valence electrons. The SMILES string of the molecule is COC(=O)C(C)(C)C1CCC(=O)CC1. The van der Waals surface area contributed by atoms with E-state index in [1.165, 1.54) is 7.11 Å². The molecule has 0 aromatic carbocycles. The zero-order chi connectivity index (χ0) is 10.8. The lowest BCUT2D eigenvalue weighted by molar-refractivity contribution is -0.155. The van der Waals surface area contributed by atoms with E-state index >= 15 is 0 Å². The first kappa shape index (κ1) is 11.2. The van der Waals surface area contributed by atoms with Crippen LogP contribution >= 0.6 is 0 Å². The van der Waals surface area contributed by atoms with E-state index < -0.39 is 5.41 Å². The molecule has 0 N–H and O–H groups in total. The van der Waals surface area contributed by atoms with Crippen molar-refractivity contribution in [2.45, 2.75) is 39.5 Å². The van der Waals surface area contributed by atoms with Gasteiger partial charge in [0.25, 0.3) is 0 Å². The van der Waals surface area contributed by atoms with Gasteiger partial charge in [0.05, 0.1) is 12.5 Å². The Kier molecular flexibility index (Phi) is 3.29. The van der Waals surface area contributed by atoms with Crippen molar-refractivity contribution in [3.8, 4) is 0 Å². The summed E-state index contributed by atoms with van der Waals surface area (Å²) in [6.45, 7) is 3.80. The number of ketones is 1. The quantitative estimate of drug-likeness (QED) is 0.637. The van der Waals surface area contributed by atoms with E-state index in [9.17, 15) is 9.59 Å². The number of esters is 1. The Morgan fingerprint density at radius 3 is 2.29 bits per heavy atom. The van der Waals surface area contributed by atoms with Gasteiger partial charge in [0.1, 0.15) is 5.78 Å². The minimum Gasteiger partial charge on any atom is -0.469 e. The molecule has 0 bridgehead atoms. The van der Waals surface area contributed by atoms with Gasteiger partial charge in [0.2, 0.25) is 0 Å². The summed E-state index contributed by atoms with van der Waals surface area (Å²) in [5.74, 6) is 0.436. The molecule has 14 heavy (non-hydrogen) atoms. The first-order chi connectivity index (χ1) is 6.48. The fraction of sp³-hybridized carbons (Fsp3) is 0.818. The first-order valence-corrected chi connectivity index (χ1v) is 5.08. The summed E-state index contributed by atoms with van der Waals surface area (Å²) in [6.07, 6.45) is 2.87. The highest BCUT2D eigenvalue weighted by molar-refractivity contribution is 5.80. The highest BCUT2D eigenvalue weighted by atomic mass is 16.5. The van der Waals surface area contributed by atoms with Gasteiger partial charge in [-0.25, -0.2) is 0 Å². The summed E-state index contributed by atoms with van der Waals surface area (Å²) in [5.41, 5.74) is -0.449. The Balaban J connectivity index is 2.63. The molecule has 0 radical (unpaired) electrons. The molecule has 0 aromatic rings. The molecule has 0 atom stereocenters. The van der Waals surface area contributed by atoms with Crippen LogP contribution in [0.25, 0.3) is 0 Å². The molecule has 0 amide bonds. The maximum Gasteiger partial charge on any atom is 0.311 e. The maximum absolute atomic E-state index is 11.5. The number of hydrogen-bond acceptors (Lipinski definition) is 3. The Bertz CT molecular complexity index is 233. The van der Waals surface area contributed by atoms with E-state index in [0.29, 0.717) is 18.6 Å². The molecule has 0 saturated heterocycles. The fourth-order valence-corrected chi connectivity index (χ4v) is 2.09. The van der Waals surface area contributed by atoms with Crippen LogP contribution in [-0.4, -0.2) is 18.9 Å². The van der Waals surface area contributed by atoms with Crippen LogP contribution in [0.4, 0.5) is 0 Å². The zero-order valence-corrected chi connectivity index (χ0v) is 9.13. The first-order valence-electron chi connectivity index (χ1n) is 5.08. The Morgan fingerprint density at radius 2 is 1.86 bits per heavy atom. The van der Waals surface area contributed by atoms with Gasteiger partial charge in [-0.3, -0.25) is 9.59 Å².